The van der Waals surface area contributed by atoms with Crippen LogP contribution in [0.5, 0.6) is 0 Å². The van der Waals surface area contributed by atoms with Gasteiger partial charge >= 0.3 is 5.17 Å². The Morgan fingerprint density at radius 1 is 1.07 bits per heavy atom. The first-order chi connectivity index (χ1) is 12.8. The molecular weight excluding hydrogens is 352 g/mol. The lowest BCUT2D eigenvalue weighted by molar-refractivity contribution is -0.656. The molecule has 0 unspecified atom stereocenters. The van der Waals surface area contributed by atoms with E-state index in [1.807, 2.05) is 11.8 Å². The van der Waals surface area contributed by atoms with Crippen LogP contribution in [0.4, 0.5) is 5.69 Å². The van der Waals surface area contributed by atoms with Crippen molar-refractivity contribution in [2.24, 2.45) is 0 Å². The van der Waals surface area contributed by atoms with Gasteiger partial charge in [0.25, 0.3) is 5.72 Å². The largest absolute Gasteiger partial charge is 0.346 e. The molecule has 0 aliphatic carbocycles. The van der Waals surface area contributed by atoms with Gasteiger partial charge in [0.2, 0.25) is 0 Å². The van der Waals surface area contributed by atoms with E-state index in [0.717, 1.165) is 24.3 Å². The maximum atomic E-state index is 11.8. The number of hydrogen-bond acceptors (Lipinski definition) is 3. The standard InChI is InChI=1S/C23H29N2OS/c1-17-8-5-6-9-20(17)24-16-23(26,25-14-7-15-27-21(24)25)19-12-10-18(11-13-19)22(2,3)4/h5-6,8-13,26H,7,14-16H2,1-4H3/q+1/t23-/m1/s1. The lowest BCUT2D eigenvalue weighted by Crippen LogP contribution is -2.41. The normalized spacial score (nSPS) is 22.9. The molecular formula is C23H29N2OS+. The molecule has 4 rings (SSSR count). The molecule has 27 heavy (non-hydrogen) atoms. The average molecular weight is 382 g/mol. The van der Waals surface area contributed by atoms with Gasteiger partial charge in [-0.3, -0.25) is 0 Å². The zero-order chi connectivity index (χ0) is 19.2. The first-order valence-corrected chi connectivity index (χ1v) is 10.7. The molecule has 0 amide bonds. The average Bonchev–Trinajstić information content (AvgIpc) is 2.96. The van der Waals surface area contributed by atoms with Gasteiger partial charge in [-0.1, -0.05) is 63.2 Å². The molecule has 0 aromatic heterocycles. The third-order valence-electron chi connectivity index (χ3n) is 5.66. The van der Waals surface area contributed by atoms with Gasteiger partial charge in [-0.25, -0.2) is 9.48 Å². The molecule has 2 aliphatic rings. The molecule has 0 radical (unpaired) electrons. The highest BCUT2D eigenvalue weighted by Gasteiger charge is 2.53. The van der Waals surface area contributed by atoms with Crippen LogP contribution in [0.2, 0.25) is 0 Å². The van der Waals surface area contributed by atoms with Gasteiger partial charge in [-0.2, -0.15) is 0 Å². The van der Waals surface area contributed by atoms with Crippen molar-refractivity contribution in [1.29, 1.82) is 0 Å². The number of aliphatic hydroxyl groups is 1. The minimum atomic E-state index is -0.985. The molecule has 0 fully saturated rings. The van der Waals surface area contributed by atoms with Gasteiger partial charge in [0.1, 0.15) is 5.69 Å². The number of benzene rings is 2. The second-order valence-corrected chi connectivity index (χ2v) is 9.71. The Labute approximate surface area is 166 Å². The van der Waals surface area contributed by atoms with Crippen molar-refractivity contribution in [1.82, 2.24) is 0 Å². The lowest BCUT2D eigenvalue weighted by atomic mass is 9.86. The predicted molar refractivity (Wildman–Crippen MR) is 115 cm³/mol. The second-order valence-electron chi connectivity index (χ2n) is 8.65. The topological polar surface area (TPSA) is 26.5 Å². The van der Waals surface area contributed by atoms with Gasteiger partial charge in [0.15, 0.2) is 6.54 Å². The Morgan fingerprint density at radius 2 is 1.78 bits per heavy atom. The molecule has 0 saturated carbocycles. The van der Waals surface area contributed by atoms with Crippen LogP contribution in [0.1, 0.15) is 43.9 Å². The van der Waals surface area contributed by atoms with E-state index in [1.54, 1.807) is 0 Å². The number of rotatable bonds is 2. The van der Waals surface area contributed by atoms with Crippen molar-refractivity contribution in [3.05, 3.63) is 65.2 Å². The summed E-state index contributed by atoms with van der Waals surface area (Å²) in [6.45, 7) is 10.3. The molecule has 0 spiro atoms. The third kappa shape index (κ3) is 3.19. The van der Waals surface area contributed by atoms with E-state index >= 15 is 0 Å². The van der Waals surface area contributed by atoms with Gasteiger partial charge < -0.3 is 5.11 Å². The number of nitrogens with zero attached hydrogens (tertiary/aromatic N) is 2. The van der Waals surface area contributed by atoms with Crippen LogP contribution >= 0.6 is 11.8 Å². The van der Waals surface area contributed by atoms with Crippen molar-refractivity contribution in [3.8, 4) is 0 Å². The quantitative estimate of drug-likeness (QED) is 0.778. The van der Waals surface area contributed by atoms with Crippen LogP contribution in [-0.2, 0) is 11.1 Å². The fourth-order valence-corrected chi connectivity index (χ4v) is 5.21. The van der Waals surface area contributed by atoms with E-state index in [1.165, 1.54) is 22.0 Å². The van der Waals surface area contributed by atoms with Gasteiger partial charge in [0.05, 0.1) is 6.54 Å². The Hall–Kier alpha value is -1.78. The van der Waals surface area contributed by atoms with Gasteiger partial charge in [-0.15, -0.1) is 0 Å². The molecule has 4 heteroatoms. The number of β-amino-alcohol motifs (C(OH)–C–C–N with tert-alkyl or cyclic N) is 1. The van der Waals surface area contributed by atoms with Crippen molar-refractivity contribution < 1.29 is 9.68 Å². The van der Waals surface area contributed by atoms with E-state index in [4.69, 9.17) is 0 Å². The number of anilines is 1. The molecule has 2 heterocycles. The Bertz CT molecular complexity index is 882. The molecule has 0 saturated heterocycles. The zero-order valence-electron chi connectivity index (χ0n) is 16.7. The number of hydrogen-bond donors (Lipinski definition) is 1. The fraction of sp³-hybridized carbons (Fsp3) is 0.435. The van der Waals surface area contributed by atoms with Crippen LogP contribution in [0, 0.1) is 6.92 Å². The lowest BCUT2D eigenvalue weighted by Gasteiger charge is -2.26. The van der Waals surface area contributed by atoms with Crippen LogP contribution in [0.15, 0.2) is 48.5 Å². The van der Waals surface area contributed by atoms with E-state index < -0.39 is 5.72 Å². The van der Waals surface area contributed by atoms with Crippen LogP contribution < -0.4 is 4.90 Å². The molecule has 2 aromatic rings. The SMILES string of the molecule is Cc1ccccc1N1C[C@@](O)(c2ccc(C(C)(C)C)cc2)[N+]2=C1SCCC2. The van der Waals surface area contributed by atoms with Gasteiger partial charge in [0, 0.05) is 11.3 Å². The number of amidine groups is 1. The van der Waals surface area contributed by atoms with Crippen molar-refractivity contribution in [2.75, 3.05) is 23.7 Å². The first kappa shape index (κ1) is 18.6. The highest BCUT2D eigenvalue weighted by molar-refractivity contribution is 8.13. The van der Waals surface area contributed by atoms with Gasteiger partial charge in [-0.05, 0) is 47.7 Å². The molecule has 2 aliphatic heterocycles. The Balaban J connectivity index is 1.77. The highest BCUT2D eigenvalue weighted by atomic mass is 32.2. The number of para-hydroxylation sites is 1. The molecule has 142 valence electrons. The molecule has 3 nitrogen and oxygen atoms in total. The van der Waals surface area contributed by atoms with Crippen molar-refractivity contribution >= 4 is 22.6 Å². The van der Waals surface area contributed by atoms with Crippen molar-refractivity contribution in [2.45, 2.75) is 45.3 Å². The summed E-state index contributed by atoms with van der Waals surface area (Å²) in [4.78, 5) is 2.30. The van der Waals surface area contributed by atoms with E-state index in [0.29, 0.717) is 6.54 Å². The fourth-order valence-electron chi connectivity index (χ4n) is 4.04. The summed E-state index contributed by atoms with van der Waals surface area (Å²) in [6, 6.07) is 17.0. The molecule has 1 atom stereocenters. The van der Waals surface area contributed by atoms with E-state index in [9.17, 15) is 5.11 Å². The summed E-state index contributed by atoms with van der Waals surface area (Å²) >= 11 is 1.86. The minimum absolute atomic E-state index is 0.113. The Kier molecular flexibility index (Phi) is 4.59. The summed E-state index contributed by atoms with van der Waals surface area (Å²) in [7, 11) is 0. The number of aryl methyl sites for hydroxylation is 1. The van der Waals surface area contributed by atoms with Crippen molar-refractivity contribution in [3.63, 3.8) is 0 Å². The summed E-state index contributed by atoms with van der Waals surface area (Å²) in [5, 5.41) is 13.0. The second kappa shape index (κ2) is 6.68. The number of thioether (sulfide) groups is 1. The zero-order valence-corrected chi connectivity index (χ0v) is 17.5. The Morgan fingerprint density at radius 3 is 2.44 bits per heavy atom. The summed E-state index contributed by atoms with van der Waals surface area (Å²) in [6.07, 6.45) is 1.10. The molecule has 2 aromatic carbocycles. The first-order valence-electron chi connectivity index (χ1n) is 9.75. The van der Waals surface area contributed by atoms with E-state index in [-0.39, 0.29) is 5.41 Å². The molecule has 1 N–H and O–H groups in total. The van der Waals surface area contributed by atoms with Crippen LogP contribution in [-0.4, -0.2) is 33.7 Å². The monoisotopic (exact) mass is 381 g/mol. The maximum absolute atomic E-state index is 11.8. The summed E-state index contributed by atoms with van der Waals surface area (Å²) in [5.41, 5.74) is 3.83. The summed E-state index contributed by atoms with van der Waals surface area (Å²) in [5.74, 6) is 1.10. The summed E-state index contributed by atoms with van der Waals surface area (Å²) < 4.78 is 2.21. The maximum Gasteiger partial charge on any atom is 0.316 e. The smallest absolute Gasteiger partial charge is 0.316 e. The van der Waals surface area contributed by atoms with Crippen LogP contribution in [0.3, 0.4) is 0 Å². The van der Waals surface area contributed by atoms with Crippen LogP contribution in [0.25, 0.3) is 0 Å². The van der Waals surface area contributed by atoms with E-state index in [2.05, 4.69) is 85.7 Å². The molecule has 0 bridgehead atoms. The third-order valence-corrected chi connectivity index (χ3v) is 6.86. The highest BCUT2D eigenvalue weighted by Crippen LogP contribution is 2.39. The minimum Gasteiger partial charge on any atom is -0.346 e. The predicted octanol–water partition coefficient (Wildman–Crippen LogP) is 4.46.